The van der Waals surface area contributed by atoms with Crippen molar-refractivity contribution in [2.24, 2.45) is 0 Å². The molecule has 0 aliphatic heterocycles. The van der Waals surface area contributed by atoms with Crippen LogP contribution in [0.1, 0.15) is 0 Å². The zero-order chi connectivity index (χ0) is 6.41. The lowest BCUT2D eigenvalue weighted by Crippen LogP contribution is -2.22. The van der Waals surface area contributed by atoms with Crippen LogP contribution in [0.4, 0.5) is 0 Å². The molecular formula is C4H8ClNO2. The summed E-state index contributed by atoms with van der Waals surface area (Å²) in [6, 6.07) is 0.0629. The molecule has 8 heavy (non-hydrogen) atoms. The third-order valence-corrected chi connectivity index (χ3v) is 0.743. The van der Waals surface area contributed by atoms with Gasteiger partial charge in [0.2, 0.25) is 5.91 Å². The van der Waals surface area contributed by atoms with Gasteiger partial charge in [-0.15, -0.1) is 0 Å². The minimum atomic E-state index is -0.161. The smallest absolute Gasteiger partial charge is 0.245 e. The van der Waals surface area contributed by atoms with Crippen molar-refractivity contribution in [3.8, 4) is 0 Å². The van der Waals surface area contributed by atoms with Gasteiger partial charge in [0.1, 0.15) is 12.7 Å². The molecule has 0 aromatic heterocycles. The minimum absolute atomic E-state index is 0.0417. The highest BCUT2D eigenvalue weighted by Crippen LogP contribution is 1.76. The number of amides is 1. The number of hydrogen-bond acceptors (Lipinski definition) is 2. The van der Waals surface area contributed by atoms with Crippen molar-refractivity contribution in [3.63, 3.8) is 0 Å². The zero-order valence-corrected chi connectivity index (χ0v) is 5.36. The second-order valence-corrected chi connectivity index (χ2v) is 1.35. The SMILES string of the molecule is CNC(=O)COCCl. The fourth-order valence-electron chi connectivity index (χ4n) is 0.203. The Morgan fingerprint density at radius 3 is 2.88 bits per heavy atom. The quantitative estimate of drug-likeness (QED) is 0.554. The van der Waals surface area contributed by atoms with Crippen LogP contribution in [-0.2, 0) is 9.53 Å². The summed E-state index contributed by atoms with van der Waals surface area (Å²) in [5.41, 5.74) is 0. The maximum absolute atomic E-state index is 10.3. The fourth-order valence-corrected chi connectivity index (χ4v) is 0.281. The van der Waals surface area contributed by atoms with E-state index in [0.717, 1.165) is 0 Å². The molecule has 0 radical (unpaired) electrons. The van der Waals surface area contributed by atoms with Crippen LogP contribution in [0.2, 0.25) is 0 Å². The van der Waals surface area contributed by atoms with Gasteiger partial charge >= 0.3 is 0 Å². The Kier molecular flexibility index (Phi) is 4.70. The van der Waals surface area contributed by atoms with Gasteiger partial charge in [-0.05, 0) is 0 Å². The van der Waals surface area contributed by atoms with Crippen LogP contribution in [-0.4, -0.2) is 25.6 Å². The number of alkyl halides is 1. The van der Waals surface area contributed by atoms with Crippen molar-refractivity contribution in [3.05, 3.63) is 0 Å². The van der Waals surface area contributed by atoms with Gasteiger partial charge in [-0.1, -0.05) is 11.6 Å². The number of carbonyl (C=O) groups excluding carboxylic acids is 1. The first-order valence-corrected chi connectivity index (χ1v) is 2.69. The van der Waals surface area contributed by atoms with Crippen molar-refractivity contribution < 1.29 is 9.53 Å². The first kappa shape index (κ1) is 7.72. The minimum Gasteiger partial charge on any atom is -0.357 e. The molecule has 0 aromatic carbocycles. The molecule has 0 aromatic rings. The van der Waals surface area contributed by atoms with E-state index >= 15 is 0 Å². The molecule has 1 amide bonds. The lowest BCUT2D eigenvalue weighted by molar-refractivity contribution is -0.124. The molecule has 0 bridgehead atoms. The molecule has 0 fully saturated rings. The summed E-state index contributed by atoms with van der Waals surface area (Å²) in [4.78, 5) is 10.3. The molecule has 0 heterocycles. The normalized spacial score (nSPS) is 8.75. The third-order valence-electron chi connectivity index (χ3n) is 0.589. The summed E-state index contributed by atoms with van der Waals surface area (Å²) in [7, 11) is 1.54. The number of likely N-dealkylation sites (N-methyl/N-ethyl adjacent to an activating group) is 1. The van der Waals surface area contributed by atoms with Crippen LogP contribution in [0.15, 0.2) is 0 Å². The first-order chi connectivity index (χ1) is 3.81. The van der Waals surface area contributed by atoms with Crippen LogP contribution in [0, 0.1) is 0 Å². The van der Waals surface area contributed by atoms with E-state index in [1.54, 1.807) is 7.05 Å². The molecule has 0 rings (SSSR count). The van der Waals surface area contributed by atoms with Crippen LogP contribution in [0.25, 0.3) is 0 Å². The molecule has 4 heteroatoms. The Labute approximate surface area is 53.0 Å². The van der Waals surface area contributed by atoms with E-state index in [-0.39, 0.29) is 18.6 Å². The largest absolute Gasteiger partial charge is 0.357 e. The van der Waals surface area contributed by atoms with E-state index < -0.39 is 0 Å². The standard InChI is InChI=1S/C4H8ClNO2/c1-6-4(7)2-8-3-5/h2-3H2,1H3,(H,6,7). The molecule has 48 valence electrons. The van der Waals surface area contributed by atoms with Gasteiger partial charge in [-0.25, -0.2) is 0 Å². The lowest BCUT2D eigenvalue weighted by Gasteiger charge is -1.95. The monoisotopic (exact) mass is 137 g/mol. The second kappa shape index (κ2) is 4.87. The molecule has 0 saturated carbocycles. The maximum atomic E-state index is 10.3. The number of nitrogens with one attached hydrogen (secondary N) is 1. The predicted octanol–water partition coefficient (Wildman–Crippen LogP) is -0.0547. The number of ether oxygens (including phenoxy) is 1. The van der Waals surface area contributed by atoms with Crippen LogP contribution in [0.3, 0.4) is 0 Å². The average molecular weight is 138 g/mol. The van der Waals surface area contributed by atoms with Crippen molar-refractivity contribution >= 4 is 17.5 Å². The predicted molar refractivity (Wildman–Crippen MR) is 30.7 cm³/mol. The molecule has 0 saturated heterocycles. The highest BCUT2D eigenvalue weighted by molar-refractivity contribution is 6.17. The van der Waals surface area contributed by atoms with E-state index in [0.29, 0.717) is 0 Å². The van der Waals surface area contributed by atoms with Gasteiger partial charge in [-0.3, -0.25) is 4.79 Å². The number of carbonyl (C=O) groups is 1. The number of halogens is 1. The van der Waals surface area contributed by atoms with Gasteiger partial charge in [0.05, 0.1) is 0 Å². The summed E-state index contributed by atoms with van der Waals surface area (Å²) in [6.07, 6.45) is 0. The Balaban J connectivity index is 2.99. The molecule has 1 N–H and O–H groups in total. The molecular weight excluding hydrogens is 130 g/mol. The highest BCUT2D eigenvalue weighted by Gasteiger charge is 1.93. The van der Waals surface area contributed by atoms with Gasteiger partial charge < -0.3 is 10.1 Å². The topological polar surface area (TPSA) is 38.3 Å². The molecule has 0 unspecified atom stereocenters. The van der Waals surface area contributed by atoms with E-state index in [9.17, 15) is 4.79 Å². The van der Waals surface area contributed by atoms with E-state index in [2.05, 4.69) is 10.1 Å². The Morgan fingerprint density at radius 1 is 1.88 bits per heavy atom. The summed E-state index contributed by atoms with van der Waals surface area (Å²) < 4.78 is 4.54. The van der Waals surface area contributed by atoms with Gasteiger partial charge in [0, 0.05) is 7.05 Å². The number of hydrogen-bond donors (Lipinski definition) is 1. The lowest BCUT2D eigenvalue weighted by atomic mass is 10.7. The van der Waals surface area contributed by atoms with Crippen LogP contribution >= 0.6 is 11.6 Å². The Morgan fingerprint density at radius 2 is 2.50 bits per heavy atom. The summed E-state index contributed by atoms with van der Waals surface area (Å²) >= 11 is 5.10. The molecule has 3 nitrogen and oxygen atoms in total. The summed E-state index contributed by atoms with van der Waals surface area (Å²) in [5.74, 6) is -0.161. The molecule has 0 atom stereocenters. The van der Waals surface area contributed by atoms with Crippen molar-refractivity contribution in [1.82, 2.24) is 5.32 Å². The van der Waals surface area contributed by atoms with Gasteiger partial charge in [0.15, 0.2) is 0 Å². The molecule has 0 spiro atoms. The summed E-state index contributed by atoms with van der Waals surface area (Å²) in [6.45, 7) is 0.0417. The van der Waals surface area contributed by atoms with E-state index in [1.807, 2.05) is 0 Å². The first-order valence-electron chi connectivity index (χ1n) is 2.15. The molecule has 0 aliphatic carbocycles. The Hall–Kier alpha value is -0.280. The highest BCUT2D eigenvalue weighted by atomic mass is 35.5. The van der Waals surface area contributed by atoms with Crippen molar-refractivity contribution in [2.75, 3.05) is 19.7 Å². The van der Waals surface area contributed by atoms with E-state index in [4.69, 9.17) is 11.6 Å². The summed E-state index contributed by atoms with van der Waals surface area (Å²) in [5, 5.41) is 2.38. The Bertz CT molecular complexity index is 76.4. The number of rotatable bonds is 3. The maximum Gasteiger partial charge on any atom is 0.245 e. The molecule has 0 aliphatic rings. The second-order valence-electron chi connectivity index (χ2n) is 1.13. The van der Waals surface area contributed by atoms with Gasteiger partial charge in [-0.2, -0.15) is 0 Å². The zero-order valence-electron chi connectivity index (χ0n) is 4.61. The van der Waals surface area contributed by atoms with Crippen molar-refractivity contribution in [1.29, 1.82) is 0 Å². The average Bonchev–Trinajstić information content (AvgIpc) is 1.83. The fraction of sp³-hybridized carbons (Fsp3) is 0.750. The van der Waals surface area contributed by atoms with Crippen LogP contribution in [0.5, 0.6) is 0 Å². The van der Waals surface area contributed by atoms with E-state index in [1.165, 1.54) is 0 Å². The third kappa shape index (κ3) is 3.89. The van der Waals surface area contributed by atoms with Gasteiger partial charge in [0.25, 0.3) is 0 Å². The van der Waals surface area contributed by atoms with Crippen LogP contribution < -0.4 is 5.32 Å². The van der Waals surface area contributed by atoms with Crippen molar-refractivity contribution in [2.45, 2.75) is 0 Å².